The summed E-state index contributed by atoms with van der Waals surface area (Å²) in [5, 5.41) is 11.5. The summed E-state index contributed by atoms with van der Waals surface area (Å²) in [6, 6.07) is 22.1. The van der Waals surface area contributed by atoms with Crippen LogP contribution in [0.25, 0.3) is 0 Å². The summed E-state index contributed by atoms with van der Waals surface area (Å²) in [5.74, 6) is 0. The maximum Gasteiger partial charge on any atom is 0.143 e. The van der Waals surface area contributed by atoms with Crippen LogP contribution in [0, 0.1) is 0 Å². The van der Waals surface area contributed by atoms with Gasteiger partial charge in [0.25, 0.3) is 0 Å². The van der Waals surface area contributed by atoms with Gasteiger partial charge in [0.2, 0.25) is 0 Å². The second-order valence-corrected chi connectivity index (χ2v) is 6.61. The Hall–Kier alpha value is -1.42. The van der Waals surface area contributed by atoms with E-state index >= 15 is 0 Å². The van der Waals surface area contributed by atoms with E-state index in [1.807, 2.05) is 12.1 Å². The largest absolute Gasteiger partial charge is 0.371 e. The highest BCUT2D eigenvalue weighted by atomic mass is 28.3. The molecule has 0 aromatic heterocycles. The third-order valence-corrected chi connectivity index (χ3v) is 5.60. The van der Waals surface area contributed by atoms with Gasteiger partial charge in [-0.2, -0.15) is 0 Å². The summed E-state index contributed by atoms with van der Waals surface area (Å²) in [4.78, 5) is 0. The summed E-state index contributed by atoms with van der Waals surface area (Å²) >= 11 is 0. The summed E-state index contributed by atoms with van der Waals surface area (Å²) in [7, 11) is -0.808. The zero-order valence-electron chi connectivity index (χ0n) is 10.3. The number of hydrogen-bond donors (Lipinski definition) is 1. The van der Waals surface area contributed by atoms with Gasteiger partial charge in [-0.15, -0.1) is 0 Å². The van der Waals surface area contributed by atoms with Crippen LogP contribution in [-0.2, 0) is 4.74 Å². The lowest BCUT2D eigenvalue weighted by atomic mass is 10.4. The molecule has 18 heavy (non-hydrogen) atoms. The summed E-state index contributed by atoms with van der Waals surface area (Å²) < 4.78 is 5.09. The predicted molar refractivity (Wildman–Crippen MR) is 75.8 cm³/mol. The Morgan fingerprint density at radius 1 is 0.833 bits per heavy atom. The van der Waals surface area contributed by atoms with Crippen molar-refractivity contribution in [2.45, 2.75) is 6.04 Å². The molecule has 0 heterocycles. The lowest BCUT2D eigenvalue weighted by Gasteiger charge is -2.15. The molecule has 0 saturated heterocycles. The molecule has 0 spiro atoms. The number of ether oxygens (including phenoxy) is 1. The smallest absolute Gasteiger partial charge is 0.143 e. The molecule has 3 heteroatoms. The molecule has 0 aliphatic rings. The lowest BCUT2D eigenvalue weighted by Crippen LogP contribution is -2.42. The molecule has 2 aromatic rings. The lowest BCUT2D eigenvalue weighted by molar-refractivity contribution is 0.00535. The molecule has 0 aliphatic heterocycles. The zero-order chi connectivity index (χ0) is 12.6. The van der Waals surface area contributed by atoms with E-state index < -0.39 is 8.80 Å². The molecule has 0 amide bonds. The van der Waals surface area contributed by atoms with Gasteiger partial charge in [-0.25, -0.2) is 0 Å². The Balaban J connectivity index is 2.18. The molecule has 93 valence electrons. The van der Waals surface area contributed by atoms with Crippen LogP contribution in [0.4, 0.5) is 0 Å². The summed E-state index contributed by atoms with van der Waals surface area (Å²) in [6.45, 7) is 0.410. The van der Waals surface area contributed by atoms with Crippen molar-refractivity contribution in [1.29, 1.82) is 0 Å². The average molecular weight is 257 g/mol. The molecule has 0 atom stereocenters. The molecular weight excluding hydrogens is 240 g/mol. The first kappa shape index (κ1) is 13.0. The second kappa shape index (κ2) is 7.11. The van der Waals surface area contributed by atoms with E-state index in [0.717, 1.165) is 6.04 Å². The van der Waals surface area contributed by atoms with Crippen LogP contribution in [0.2, 0.25) is 6.04 Å². The SMILES string of the molecule is OCOCC[Si](c1ccccc1)c1ccccc1. The van der Waals surface area contributed by atoms with Gasteiger partial charge in [0, 0.05) is 6.61 Å². The van der Waals surface area contributed by atoms with Crippen molar-refractivity contribution in [1.82, 2.24) is 0 Å². The number of benzene rings is 2. The number of rotatable bonds is 6. The highest BCUT2D eigenvalue weighted by molar-refractivity contribution is 6.85. The van der Waals surface area contributed by atoms with Crippen LogP contribution in [0.15, 0.2) is 60.7 Å². The number of hydrogen-bond acceptors (Lipinski definition) is 2. The zero-order valence-corrected chi connectivity index (χ0v) is 11.3. The van der Waals surface area contributed by atoms with Gasteiger partial charge in [0.1, 0.15) is 15.6 Å². The monoisotopic (exact) mass is 257 g/mol. The van der Waals surface area contributed by atoms with Gasteiger partial charge in [0.15, 0.2) is 0 Å². The fraction of sp³-hybridized carbons (Fsp3) is 0.200. The van der Waals surface area contributed by atoms with Crippen molar-refractivity contribution in [3.63, 3.8) is 0 Å². The third-order valence-electron chi connectivity index (χ3n) is 2.83. The van der Waals surface area contributed by atoms with Crippen LogP contribution in [0.5, 0.6) is 0 Å². The fourth-order valence-corrected chi connectivity index (χ4v) is 4.42. The summed E-state index contributed by atoms with van der Waals surface area (Å²) in [5.41, 5.74) is 0. The molecule has 0 saturated carbocycles. The molecule has 2 nitrogen and oxygen atoms in total. The van der Waals surface area contributed by atoms with Crippen molar-refractivity contribution in [3.05, 3.63) is 60.7 Å². The van der Waals surface area contributed by atoms with Crippen LogP contribution in [0.1, 0.15) is 0 Å². The van der Waals surface area contributed by atoms with E-state index in [2.05, 4.69) is 48.5 Å². The van der Waals surface area contributed by atoms with Crippen molar-refractivity contribution >= 4 is 19.2 Å². The van der Waals surface area contributed by atoms with Crippen LogP contribution in [0.3, 0.4) is 0 Å². The molecule has 0 unspecified atom stereocenters. The average Bonchev–Trinajstić information content (AvgIpc) is 2.46. The van der Waals surface area contributed by atoms with Crippen LogP contribution >= 0.6 is 0 Å². The minimum Gasteiger partial charge on any atom is -0.371 e. The van der Waals surface area contributed by atoms with E-state index in [1.54, 1.807) is 0 Å². The molecule has 0 bridgehead atoms. The maximum atomic E-state index is 8.71. The van der Waals surface area contributed by atoms with Gasteiger partial charge in [0.05, 0.1) is 0 Å². The Morgan fingerprint density at radius 3 is 1.78 bits per heavy atom. The molecule has 0 aliphatic carbocycles. The normalized spacial score (nSPS) is 10.8. The van der Waals surface area contributed by atoms with Gasteiger partial charge in [-0.1, -0.05) is 71.0 Å². The standard InChI is InChI=1S/C15H17O2Si/c16-13-17-11-12-18(14-7-3-1-4-8-14)15-9-5-2-6-10-15/h1-10,16H,11-13H2. The maximum absolute atomic E-state index is 8.71. The third kappa shape index (κ3) is 3.53. The molecule has 1 radical (unpaired) electrons. The number of aliphatic hydroxyl groups is 1. The minimum atomic E-state index is -0.808. The molecule has 0 fully saturated rings. The van der Waals surface area contributed by atoms with Crippen molar-refractivity contribution in [2.75, 3.05) is 13.4 Å². The van der Waals surface area contributed by atoms with Crippen LogP contribution in [-0.4, -0.2) is 27.3 Å². The van der Waals surface area contributed by atoms with E-state index in [1.165, 1.54) is 10.4 Å². The van der Waals surface area contributed by atoms with Crippen molar-refractivity contribution < 1.29 is 9.84 Å². The summed E-state index contributed by atoms with van der Waals surface area (Å²) in [6.07, 6.45) is 0. The molecule has 2 rings (SSSR count). The Labute approximate surface area is 109 Å². The van der Waals surface area contributed by atoms with Crippen molar-refractivity contribution in [2.24, 2.45) is 0 Å². The topological polar surface area (TPSA) is 29.5 Å². The van der Waals surface area contributed by atoms with Gasteiger partial charge < -0.3 is 9.84 Å². The Kier molecular flexibility index (Phi) is 5.14. The second-order valence-electron chi connectivity index (χ2n) is 4.00. The van der Waals surface area contributed by atoms with E-state index in [9.17, 15) is 0 Å². The predicted octanol–water partition coefficient (Wildman–Crippen LogP) is 1.26. The van der Waals surface area contributed by atoms with Crippen molar-refractivity contribution in [3.8, 4) is 0 Å². The molecular formula is C15H17O2Si. The number of aliphatic hydroxyl groups excluding tert-OH is 1. The Bertz CT molecular complexity index is 405. The highest BCUT2D eigenvalue weighted by Gasteiger charge is 2.15. The van der Waals surface area contributed by atoms with Gasteiger partial charge in [-0.05, 0) is 6.04 Å². The quantitative estimate of drug-likeness (QED) is 0.480. The molecule has 1 N–H and O–H groups in total. The fourth-order valence-electron chi connectivity index (χ4n) is 1.97. The highest BCUT2D eigenvalue weighted by Crippen LogP contribution is 1.98. The Morgan fingerprint density at radius 2 is 1.33 bits per heavy atom. The van der Waals surface area contributed by atoms with E-state index in [-0.39, 0.29) is 6.79 Å². The van der Waals surface area contributed by atoms with Gasteiger partial charge in [-0.3, -0.25) is 0 Å². The first-order valence-electron chi connectivity index (χ1n) is 6.07. The van der Waals surface area contributed by atoms with E-state index in [4.69, 9.17) is 9.84 Å². The first-order valence-corrected chi connectivity index (χ1v) is 7.78. The van der Waals surface area contributed by atoms with E-state index in [0.29, 0.717) is 6.61 Å². The van der Waals surface area contributed by atoms with Crippen LogP contribution < -0.4 is 10.4 Å². The minimum absolute atomic E-state index is 0.196. The first-order chi connectivity index (χ1) is 8.92. The molecule has 2 aromatic carbocycles. The van der Waals surface area contributed by atoms with Gasteiger partial charge >= 0.3 is 0 Å².